The average molecular weight is 439 g/mol. The summed E-state index contributed by atoms with van der Waals surface area (Å²) in [6.07, 6.45) is 0. The standard InChI is InChI=1S/C23H26N4O3S/c1-14(2)27-21(18-8-12-20(30-5)13-9-18)25-26-23(27)31-16(4)22(29)24-19-10-6-17(7-11-19)15(3)28/h6-14,16H,1-5H3,(H,24,29)/t16-/m1/s1. The van der Waals surface area contributed by atoms with Crippen molar-refractivity contribution < 1.29 is 14.3 Å². The molecule has 3 aromatic rings. The molecule has 0 aliphatic rings. The van der Waals surface area contributed by atoms with Crippen LogP contribution in [0.2, 0.25) is 0 Å². The summed E-state index contributed by atoms with van der Waals surface area (Å²) in [4.78, 5) is 24.1. The predicted octanol–water partition coefficient (Wildman–Crippen LogP) is 4.86. The smallest absolute Gasteiger partial charge is 0.237 e. The normalized spacial score (nSPS) is 11.9. The van der Waals surface area contributed by atoms with Crippen molar-refractivity contribution >= 4 is 29.1 Å². The first-order chi connectivity index (χ1) is 14.8. The first-order valence-corrected chi connectivity index (χ1v) is 10.9. The van der Waals surface area contributed by atoms with Crippen molar-refractivity contribution in [2.24, 2.45) is 0 Å². The predicted molar refractivity (Wildman–Crippen MR) is 123 cm³/mol. The van der Waals surface area contributed by atoms with E-state index in [2.05, 4.69) is 29.4 Å². The Morgan fingerprint density at radius 3 is 2.19 bits per heavy atom. The molecule has 8 heteroatoms. The average Bonchev–Trinajstić information content (AvgIpc) is 3.17. The Kier molecular flexibility index (Phi) is 7.12. The van der Waals surface area contributed by atoms with E-state index < -0.39 is 5.25 Å². The van der Waals surface area contributed by atoms with Crippen LogP contribution in [0.25, 0.3) is 11.4 Å². The van der Waals surface area contributed by atoms with Crippen LogP contribution in [0, 0.1) is 0 Å². The van der Waals surface area contributed by atoms with Crippen molar-refractivity contribution in [2.45, 2.75) is 44.1 Å². The topological polar surface area (TPSA) is 86.1 Å². The molecule has 1 aromatic heterocycles. The highest BCUT2D eigenvalue weighted by atomic mass is 32.2. The van der Waals surface area contributed by atoms with Crippen molar-refractivity contribution in [3.05, 3.63) is 54.1 Å². The Bertz CT molecular complexity index is 1060. The molecule has 1 N–H and O–H groups in total. The number of methoxy groups -OCH3 is 1. The fraction of sp³-hybridized carbons (Fsp3) is 0.304. The van der Waals surface area contributed by atoms with Crippen molar-refractivity contribution in [2.75, 3.05) is 12.4 Å². The number of ketones is 1. The summed E-state index contributed by atoms with van der Waals surface area (Å²) in [7, 11) is 1.63. The van der Waals surface area contributed by atoms with Crippen LogP contribution >= 0.6 is 11.8 Å². The second-order valence-electron chi connectivity index (χ2n) is 7.38. The van der Waals surface area contributed by atoms with Gasteiger partial charge in [-0.2, -0.15) is 0 Å². The Balaban J connectivity index is 1.75. The van der Waals surface area contributed by atoms with Gasteiger partial charge >= 0.3 is 0 Å². The number of anilines is 1. The minimum Gasteiger partial charge on any atom is -0.497 e. The van der Waals surface area contributed by atoms with Gasteiger partial charge in [0.05, 0.1) is 12.4 Å². The fourth-order valence-corrected chi connectivity index (χ4v) is 3.98. The second kappa shape index (κ2) is 9.78. The van der Waals surface area contributed by atoms with E-state index in [0.717, 1.165) is 17.1 Å². The zero-order valence-corrected chi connectivity index (χ0v) is 19.1. The number of Topliss-reactive ketones (excluding diaryl/α,β-unsaturated/α-hetero) is 1. The molecule has 162 valence electrons. The van der Waals surface area contributed by atoms with E-state index in [-0.39, 0.29) is 17.7 Å². The van der Waals surface area contributed by atoms with Gasteiger partial charge in [-0.15, -0.1) is 10.2 Å². The molecule has 1 atom stereocenters. The molecule has 2 aromatic carbocycles. The lowest BCUT2D eigenvalue weighted by molar-refractivity contribution is -0.115. The number of nitrogens with one attached hydrogen (secondary N) is 1. The molecular formula is C23H26N4O3S. The van der Waals surface area contributed by atoms with Gasteiger partial charge < -0.3 is 10.1 Å². The second-order valence-corrected chi connectivity index (χ2v) is 8.69. The van der Waals surface area contributed by atoms with E-state index in [1.807, 2.05) is 35.8 Å². The lowest BCUT2D eigenvalue weighted by Crippen LogP contribution is -2.23. The quantitative estimate of drug-likeness (QED) is 0.399. The largest absolute Gasteiger partial charge is 0.497 e. The molecule has 0 radical (unpaired) electrons. The molecule has 0 saturated carbocycles. The number of carbonyl (C=O) groups is 2. The van der Waals surface area contributed by atoms with E-state index in [9.17, 15) is 9.59 Å². The number of hydrogen-bond donors (Lipinski definition) is 1. The molecule has 0 aliphatic carbocycles. The molecule has 0 unspecified atom stereocenters. The molecular weight excluding hydrogens is 412 g/mol. The number of amides is 1. The Hall–Kier alpha value is -3.13. The van der Waals surface area contributed by atoms with E-state index in [0.29, 0.717) is 16.4 Å². The van der Waals surface area contributed by atoms with Gasteiger partial charge in [-0.05, 0) is 76.2 Å². The lowest BCUT2D eigenvalue weighted by atomic mass is 10.1. The third-order valence-electron chi connectivity index (χ3n) is 4.74. The summed E-state index contributed by atoms with van der Waals surface area (Å²) in [5.74, 6) is 1.36. The van der Waals surface area contributed by atoms with Gasteiger partial charge in [0.15, 0.2) is 16.8 Å². The Morgan fingerprint density at radius 2 is 1.65 bits per heavy atom. The van der Waals surface area contributed by atoms with Crippen LogP contribution in [0.4, 0.5) is 5.69 Å². The molecule has 0 fully saturated rings. The van der Waals surface area contributed by atoms with Gasteiger partial charge in [0, 0.05) is 22.9 Å². The third-order valence-corrected chi connectivity index (χ3v) is 5.80. The summed E-state index contributed by atoms with van der Waals surface area (Å²) in [5, 5.41) is 11.9. The number of rotatable bonds is 8. The lowest BCUT2D eigenvalue weighted by Gasteiger charge is -2.16. The van der Waals surface area contributed by atoms with E-state index in [1.165, 1.54) is 18.7 Å². The van der Waals surface area contributed by atoms with Crippen molar-refractivity contribution in [1.29, 1.82) is 0 Å². The Morgan fingerprint density at radius 1 is 1.00 bits per heavy atom. The van der Waals surface area contributed by atoms with Gasteiger partial charge in [-0.1, -0.05) is 11.8 Å². The van der Waals surface area contributed by atoms with Gasteiger partial charge in [0.2, 0.25) is 5.91 Å². The number of thioether (sulfide) groups is 1. The van der Waals surface area contributed by atoms with E-state index in [1.54, 1.807) is 31.4 Å². The summed E-state index contributed by atoms with van der Waals surface area (Å²) >= 11 is 1.36. The molecule has 1 amide bonds. The summed E-state index contributed by atoms with van der Waals surface area (Å²) < 4.78 is 7.25. The summed E-state index contributed by atoms with van der Waals surface area (Å²) in [5.41, 5.74) is 2.18. The highest BCUT2D eigenvalue weighted by Crippen LogP contribution is 2.31. The first-order valence-electron chi connectivity index (χ1n) is 9.98. The number of nitrogens with zero attached hydrogens (tertiary/aromatic N) is 3. The van der Waals surface area contributed by atoms with E-state index in [4.69, 9.17) is 4.74 Å². The maximum absolute atomic E-state index is 12.7. The molecule has 31 heavy (non-hydrogen) atoms. The maximum Gasteiger partial charge on any atom is 0.237 e. The Labute approximate surface area is 186 Å². The van der Waals surface area contributed by atoms with Crippen molar-refractivity contribution in [1.82, 2.24) is 14.8 Å². The zero-order chi connectivity index (χ0) is 22.5. The molecule has 0 bridgehead atoms. The van der Waals surface area contributed by atoms with Crippen LogP contribution in [0.1, 0.15) is 44.1 Å². The monoisotopic (exact) mass is 438 g/mol. The minimum atomic E-state index is -0.391. The maximum atomic E-state index is 12.7. The van der Waals surface area contributed by atoms with Gasteiger partial charge in [0.25, 0.3) is 0 Å². The first kappa shape index (κ1) is 22.6. The van der Waals surface area contributed by atoms with Crippen molar-refractivity contribution in [3.63, 3.8) is 0 Å². The molecule has 7 nitrogen and oxygen atoms in total. The van der Waals surface area contributed by atoms with Gasteiger partial charge in [-0.3, -0.25) is 14.2 Å². The molecule has 3 rings (SSSR count). The number of benzene rings is 2. The highest BCUT2D eigenvalue weighted by molar-refractivity contribution is 8.00. The van der Waals surface area contributed by atoms with Crippen LogP contribution in [0.3, 0.4) is 0 Å². The van der Waals surface area contributed by atoms with Crippen LogP contribution in [-0.2, 0) is 4.79 Å². The molecule has 0 spiro atoms. The zero-order valence-electron chi connectivity index (χ0n) is 18.2. The number of hydrogen-bond acceptors (Lipinski definition) is 6. The highest BCUT2D eigenvalue weighted by Gasteiger charge is 2.22. The minimum absolute atomic E-state index is 0.0116. The number of carbonyl (C=O) groups excluding carboxylic acids is 2. The van der Waals surface area contributed by atoms with E-state index >= 15 is 0 Å². The van der Waals surface area contributed by atoms with Gasteiger partial charge in [0.1, 0.15) is 5.75 Å². The molecule has 0 aliphatic heterocycles. The van der Waals surface area contributed by atoms with Crippen LogP contribution in [-0.4, -0.2) is 38.8 Å². The molecule has 1 heterocycles. The summed E-state index contributed by atoms with van der Waals surface area (Å²) in [6.45, 7) is 7.46. The SMILES string of the molecule is COc1ccc(-c2nnc(S[C@H](C)C(=O)Nc3ccc(C(C)=O)cc3)n2C(C)C)cc1. The summed E-state index contributed by atoms with van der Waals surface area (Å²) in [6, 6.07) is 14.6. The molecule has 0 saturated heterocycles. The van der Waals surface area contributed by atoms with Gasteiger partial charge in [-0.25, -0.2) is 0 Å². The fourth-order valence-electron chi connectivity index (χ4n) is 3.00. The van der Waals surface area contributed by atoms with Crippen molar-refractivity contribution in [3.8, 4) is 17.1 Å². The number of aromatic nitrogens is 3. The number of ether oxygens (including phenoxy) is 1. The third kappa shape index (κ3) is 5.32. The van der Waals surface area contributed by atoms with Crippen LogP contribution < -0.4 is 10.1 Å². The van der Waals surface area contributed by atoms with Crippen LogP contribution in [0.5, 0.6) is 5.75 Å². The van der Waals surface area contributed by atoms with Crippen LogP contribution in [0.15, 0.2) is 53.7 Å².